The van der Waals surface area contributed by atoms with Crippen LogP contribution in [0.15, 0.2) is 52.7 Å². The average molecular weight is 702 g/mol. The summed E-state index contributed by atoms with van der Waals surface area (Å²) in [6.45, 7) is 11.1. The smallest absolute Gasteiger partial charge is 0.313 e. The van der Waals surface area contributed by atoms with E-state index in [0.29, 0.717) is 70.1 Å². The van der Waals surface area contributed by atoms with Crippen molar-refractivity contribution in [2.24, 2.45) is 16.2 Å². The number of allylic oxidation sites excluding steroid dienone is 2. The van der Waals surface area contributed by atoms with Gasteiger partial charge in [-0.2, -0.15) is 0 Å². The Labute approximate surface area is 301 Å². The Morgan fingerprint density at radius 2 is 1.82 bits per heavy atom. The Hall–Kier alpha value is -3.27. The van der Waals surface area contributed by atoms with Gasteiger partial charge in [-0.3, -0.25) is 14.4 Å². The van der Waals surface area contributed by atoms with Gasteiger partial charge in [-0.05, 0) is 120 Å². The molecule has 6 aliphatic rings. The number of ketones is 1. The second-order valence-electron chi connectivity index (χ2n) is 17.2. The van der Waals surface area contributed by atoms with Gasteiger partial charge in [-0.25, -0.2) is 0 Å². The van der Waals surface area contributed by atoms with E-state index in [4.69, 9.17) is 13.9 Å². The molecule has 9 nitrogen and oxygen atoms in total. The summed E-state index contributed by atoms with van der Waals surface area (Å²) in [6, 6.07) is 9.28. The molecule has 7 atom stereocenters. The van der Waals surface area contributed by atoms with Crippen molar-refractivity contribution in [1.29, 1.82) is 0 Å². The molecule has 9 heteroatoms. The number of carbonyl (C=O) groups excluding carboxylic acids is 3. The molecule has 2 N–H and O–H groups in total. The van der Waals surface area contributed by atoms with Crippen LogP contribution in [0.2, 0.25) is 0 Å². The molecule has 276 valence electrons. The first-order chi connectivity index (χ1) is 24.1. The molecule has 1 aromatic heterocycles. The third-order valence-corrected chi connectivity index (χ3v) is 14.3. The SMILES string of the molecule is CC1=CCCC2(C)C(CCC2(O)CN(CC2CCCO2)C(=O)C23CCC(C)(C(=O)O2)C3(C)C)c2ccc(cc2C(=O)c2ccco2)CC(O)CC1. The molecule has 2 aromatic rings. The minimum Gasteiger partial charge on any atom is -0.461 e. The molecule has 0 radical (unpaired) electrons. The first kappa shape index (κ1) is 36.1. The van der Waals surface area contributed by atoms with Crippen molar-refractivity contribution in [3.63, 3.8) is 0 Å². The summed E-state index contributed by atoms with van der Waals surface area (Å²) in [5, 5.41) is 24.1. The number of hydrogen-bond donors (Lipinski definition) is 2. The number of ether oxygens (including phenoxy) is 2. The van der Waals surface area contributed by atoms with Crippen LogP contribution < -0.4 is 0 Å². The number of nitrogens with zero attached hydrogens (tertiary/aromatic N) is 1. The molecular weight excluding hydrogens is 646 g/mol. The minimum atomic E-state index is -1.32. The highest BCUT2D eigenvalue weighted by Gasteiger charge is 2.76. The fraction of sp³-hybridized carbons (Fsp3) is 0.643. The number of furan rings is 1. The minimum absolute atomic E-state index is 0.0687. The Balaban J connectivity index is 1.30. The molecular formula is C42H55NO8. The highest BCUT2D eigenvalue weighted by atomic mass is 16.6. The van der Waals surface area contributed by atoms with Gasteiger partial charge in [0.2, 0.25) is 5.78 Å². The van der Waals surface area contributed by atoms with Gasteiger partial charge >= 0.3 is 5.97 Å². The zero-order valence-corrected chi connectivity index (χ0v) is 31.0. The summed E-state index contributed by atoms with van der Waals surface area (Å²) in [4.78, 5) is 44.2. The van der Waals surface area contributed by atoms with Crippen LogP contribution in [0.5, 0.6) is 0 Å². The van der Waals surface area contributed by atoms with Crippen LogP contribution in [-0.2, 0) is 25.5 Å². The predicted molar refractivity (Wildman–Crippen MR) is 191 cm³/mol. The van der Waals surface area contributed by atoms with Crippen molar-refractivity contribution in [1.82, 2.24) is 4.90 Å². The fourth-order valence-corrected chi connectivity index (χ4v) is 10.3. The Morgan fingerprint density at radius 1 is 1.02 bits per heavy atom. The predicted octanol–water partition coefficient (Wildman–Crippen LogP) is 6.68. The van der Waals surface area contributed by atoms with Crippen LogP contribution in [0.3, 0.4) is 0 Å². The maximum absolute atomic E-state index is 15.0. The first-order valence-corrected chi connectivity index (χ1v) is 19.1. The highest BCUT2D eigenvalue weighted by molar-refractivity contribution is 6.08. The van der Waals surface area contributed by atoms with E-state index < -0.39 is 33.6 Å². The van der Waals surface area contributed by atoms with Gasteiger partial charge in [0.1, 0.15) is 0 Å². The second kappa shape index (κ2) is 13.0. The summed E-state index contributed by atoms with van der Waals surface area (Å²) in [7, 11) is 0. The third-order valence-electron chi connectivity index (χ3n) is 14.3. The van der Waals surface area contributed by atoms with Crippen molar-refractivity contribution >= 4 is 17.7 Å². The lowest BCUT2D eigenvalue weighted by molar-refractivity contribution is -0.178. The molecule has 2 saturated heterocycles. The van der Waals surface area contributed by atoms with Crippen LogP contribution >= 0.6 is 0 Å². The van der Waals surface area contributed by atoms with E-state index in [1.54, 1.807) is 17.0 Å². The second-order valence-corrected chi connectivity index (χ2v) is 17.2. The summed E-state index contributed by atoms with van der Waals surface area (Å²) in [6.07, 6.45) is 9.91. The average Bonchev–Trinajstić information content (AvgIpc) is 3.91. The van der Waals surface area contributed by atoms with Gasteiger partial charge in [0.25, 0.3) is 5.91 Å². The number of benzene rings is 1. The lowest BCUT2D eigenvalue weighted by atomic mass is 9.64. The van der Waals surface area contributed by atoms with Crippen molar-refractivity contribution in [2.45, 2.75) is 135 Å². The van der Waals surface area contributed by atoms with Crippen molar-refractivity contribution < 1.29 is 38.5 Å². The summed E-state index contributed by atoms with van der Waals surface area (Å²) in [5.41, 5.74) is -1.42. The van der Waals surface area contributed by atoms with Gasteiger partial charge in [0.15, 0.2) is 11.4 Å². The number of fused-ring (bicyclic) bond motifs is 10. The van der Waals surface area contributed by atoms with Gasteiger partial charge < -0.3 is 29.0 Å². The van der Waals surface area contributed by atoms with Gasteiger partial charge in [-0.1, -0.05) is 44.6 Å². The molecule has 0 spiro atoms. The van der Waals surface area contributed by atoms with E-state index in [9.17, 15) is 19.8 Å². The molecule has 2 saturated carbocycles. The van der Waals surface area contributed by atoms with Crippen LogP contribution in [0.1, 0.15) is 132 Å². The van der Waals surface area contributed by atoms with E-state index in [0.717, 1.165) is 30.4 Å². The van der Waals surface area contributed by atoms with Gasteiger partial charge in [0, 0.05) is 29.5 Å². The third kappa shape index (κ3) is 5.73. The molecule has 8 rings (SSSR count). The van der Waals surface area contributed by atoms with E-state index in [1.165, 1.54) is 11.8 Å². The van der Waals surface area contributed by atoms with Crippen LogP contribution in [0.25, 0.3) is 0 Å². The molecule has 2 aliphatic heterocycles. The van der Waals surface area contributed by atoms with E-state index >= 15 is 4.79 Å². The maximum atomic E-state index is 15.0. The van der Waals surface area contributed by atoms with Crippen molar-refractivity contribution in [3.8, 4) is 0 Å². The van der Waals surface area contributed by atoms with Gasteiger partial charge in [-0.15, -0.1) is 0 Å². The van der Waals surface area contributed by atoms with E-state index in [1.807, 2.05) is 39.0 Å². The zero-order chi connectivity index (χ0) is 36.4. The Bertz CT molecular complexity index is 1710. The number of esters is 1. The molecule has 51 heavy (non-hydrogen) atoms. The number of aliphatic hydroxyl groups excluding tert-OH is 1. The molecule has 1 amide bonds. The van der Waals surface area contributed by atoms with E-state index in [-0.39, 0.29) is 42.0 Å². The van der Waals surface area contributed by atoms with Crippen molar-refractivity contribution in [3.05, 3.63) is 70.7 Å². The van der Waals surface area contributed by atoms with Crippen LogP contribution in [0.4, 0.5) is 0 Å². The zero-order valence-electron chi connectivity index (χ0n) is 31.0. The molecule has 7 unspecified atom stereocenters. The lowest BCUT2D eigenvalue weighted by Crippen LogP contribution is -2.61. The van der Waals surface area contributed by atoms with Crippen molar-refractivity contribution in [2.75, 3.05) is 19.7 Å². The Kier molecular flexibility index (Phi) is 9.20. The molecule has 4 fully saturated rings. The number of carbonyl (C=O) groups is 3. The first-order valence-electron chi connectivity index (χ1n) is 19.1. The van der Waals surface area contributed by atoms with Crippen LogP contribution in [0, 0.1) is 16.2 Å². The van der Waals surface area contributed by atoms with Crippen LogP contribution in [-0.4, -0.2) is 75.9 Å². The lowest BCUT2D eigenvalue weighted by Gasteiger charge is -2.48. The molecule has 1 aromatic carbocycles. The van der Waals surface area contributed by atoms with E-state index in [2.05, 4.69) is 19.9 Å². The number of rotatable bonds is 7. The normalized spacial score (nSPS) is 36.0. The fourth-order valence-electron chi connectivity index (χ4n) is 10.3. The maximum Gasteiger partial charge on any atom is 0.313 e. The molecule has 4 aliphatic carbocycles. The summed E-state index contributed by atoms with van der Waals surface area (Å²) < 4.78 is 17.8. The summed E-state index contributed by atoms with van der Waals surface area (Å²) >= 11 is 0. The Morgan fingerprint density at radius 3 is 2.49 bits per heavy atom. The monoisotopic (exact) mass is 701 g/mol. The number of hydrogen-bond acceptors (Lipinski definition) is 8. The highest BCUT2D eigenvalue weighted by Crippen LogP contribution is 2.66. The standard InChI is InChI=1S/C42H55NO8/c1-27-9-6-17-39(4)33(31-15-13-28(23-29(44)14-12-27)24-32(31)35(45)34-11-8-22-50-34)16-18-41(39,48)26-43(25-30-10-7-21-49-30)36(46)42-20-19-40(5,37(47)51-42)38(42,2)3/h8-9,11,13,15,22,24,29-30,33,44,48H,6-7,10,12,14,16-21,23,25-26H2,1-5H3. The summed E-state index contributed by atoms with van der Waals surface area (Å²) in [5.74, 6) is -0.760. The quantitative estimate of drug-likeness (QED) is 0.186. The number of amides is 1. The molecule has 4 bridgehead atoms. The largest absolute Gasteiger partial charge is 0.461 e. The molecule has 3 heterocycles. The van der Waals surface area contributed by atoms with Gasteiger partial charge in [0.05, 0.1) is 36.0 Å². The topological polar surface area (TPSA) is 127 Å². The number of aliphatic hydroxyl groups is 2.